The molecule has 0 radical (unpaired) electrons. The number of halogens is 2. The standard InChI is InChI=1S/C13H18ClFN2/c1-2-6-17-7-5-12(16)13(17)10-4-3-9(14)8-11(10)15/h3-4,8,12-13H,2,5-7,16H2,1H3. The van der Waals surface area contributed by atoms with E-state index >= 15 is 0 Å². The highest BCUT2D eigenvalue weighted by Gasteiger charge is 2.33. The predicted molar refractivity (Wildman–Crippen MR) is 68.6 cm³/mol. The van der Waals surface area contributed by atoms with Crippen LogP contribution in [0, 0.1) is 5.82 Å². The molecule has 0 spiro atoms. The van der Waals surface area contributed by atoms with Gasteiger partial charge in [-0.25, -0.2) is 4.39 Å². The summed E-state index contributed by atoms with van der Waals surface area (Å²) in [6.45, 7) is 4.03. The van der Waals surface area contributed by atoms with E-state index in [1.54, 1.807) is 12.1 Å². The topological polar surface area (TPSA) is 29.3 Å². The van der Waals surface area contributed by atoms with Crippen molar-refractivity contribution >= 4 is 11.6 Å². The number of nitrogens with zero attached hydrogens (tertiary/aromatic N) is 1. The lowest BCUT2D eigenvalue weighted by Gasteiger charge is -2.27. The Labute approximate surface area is 107 Å². The van der Waals surface area contributed by atoms with Crippen molar-refractivity contribution in [2.45, 2.75) is 31.8 Å². The minimum atomic E-state index is -0.249. The van der Waals surface area contributed by atoms with E-state index in [0.29, 0.717) is 10.6 Å². The molecule has 1 fully saturated rings. The van der Waals surface area contributed by atoms with Crippen molar-refractivity contribution in [3.8, 4) is 0 Å². The fourth-order valence-electron chi connectivity index (χ4n) is 2.59. The van der Waals surface area contributed by atoms with E-state index in [1.165, 1.54) is 6.07 Å². The van der Waals surface area contributed by atoms with Crippen molar-refractivity contribution in [2.24, 2.45) is 5.73 Å². The first-order valence-electron chi connectivity index (χ1n) is 6.08. The van der Waals surface area contributed by atoms with Gasteiger partial charge in [-0.15, -0.1) is 0 Å². The Balaban J connectivity index is 2.29. The van der Waals surface area contributed by atoms with Gasteiger partial charge >= 0.3 is 0 Å². The van der Waals surface area contributed by atoms with Gasteiger partial charge in [-0.3, -0.25) is 4.90 Å². The van der Waals surface area contributed by atoms with Gasteiger partial charge < -0.3 is 5.73 Å². The monoisotopic (exact) mass is 256 g/mol. The maximum absolute atomic E-state index is 13.9. The summed E-state index contributed by atoms with van der Waals surface area (Å²) >= 11 is 5.77. The molecule has 17 heavy (non-hydrogen) atoms. The molecule has 0 aromatic heterocycles. The van der Waals surface area contributed by atoms with E-state index in [9.17, 15) is 4.39 Å². The second-order valence-corrected chi connectivity index (χ2v) is 5.04. The maximum Gasteiger partial charge on any atom is 0.129 e. The molecule has 2 atom stereocenters. The number of hydrogen-bond acceptors (Lipinski definition) is 2. The summed E-state index contributed by atoms with van der Waals surface area (Å²) in [5, 5.41) is 0.430. The van der Waals surface area contributed by atoms with E-state index in [2.05, 4.69) is 11.8 Å². The summed E-state index contributed by atoms with van der Waals surface area (Å²) in [5.41, 5.74) is 6.77. The molecule has 0 aliphatic carbocycles. The fraction of sp³-hybridized carbons (Fsp3) is 0.538. The molecule has 2 nitrogen and oxygen atoms in total. The van der Waals surface area contributed by atoms with Crippen molar-refractivity contribution < 1.29 is 4.39 Å². The van der Waals surface area contributed by atoms with E-state index in [4.69, 9.17) is 17.3 Å². The molecular weight excluding hydrogens is 239 g/mol. The average Bonchev–Trinajstić information content (AvgIpc) is 2.62. The Morgan fingerprint density at radius 2 is 2.29 bits per heavy atom. The lowest BCUT2D eigenvalue weighted by molar-refractivity contribution is 0.243. The van der Waals surface area contributed by atoms with Gasteiger partial charge in [-0.2, -0.15) is 0 Å². The first-order chi connectivity index (χ1) is 8.13. The minimum absolute atomic E-state index is 0.00721. The molecule has 1 aliphatic rings. The van der Waals surface area contributed by atoms with E-state index < -0.39 is 0 Å². The van der Waals surface area contributed by atoms with Gasteiger partial charge in [0.05, 0.1) is 6.04 Å². The quantitative estimate of drug-likeness (QED) is 0.901. The van der Waals surface area contributed by atoms with E-state index in [-0.39, 0.29) is 17.9 Å². The third kappa shape index (κ3) is 2.62. The van der Waals surface area contributed by atoms with Crippen LogP contribution < -0.4 is 5.73 Å². The number of likely N-dealkylation sites (tertiary alicyclic amines) is 1. The van der Waals surface area contributed by atoms with Crippen molar-refractivity contribution in [2.75, 3.05) is 13.1 Å². The van der Waals surface area contributed by atoms with Gasteiger partial charge in [-0.1, -0.05) is 24.6 Å². The van der Waals surface area contributed by atoms with Gasteiger partial charge in [0.2, 0.25) is 0 Å². The number of rotatable bonds is 3. The highest BCUT2D eigenvalue weighted by molar-refractivity contribution is 6.30. The maximum atomic E-state index is 13.9. The van der Waals surface area contributed by atoms with Crippen LogP contribution >= 0.6 is 11.6 Å². The molecule has 1 aromatic rings. The van der Waals surface area contributed by atoms with Gasteiger partial charge in [0, 0.05) is 23.2 Å². The minimum Gasteiger partial charge on any atom is -0.326 e. The number of nitrogens with two attached hydrogens (primary N) is 1. The van der Waals surface area contributed by atoms with Gasteiger partial charge in [-0.05, 0) is 31.5 Å². The molecule has 2 unspecified atom stereocenters. The number of benzene rings is 1. The van der Waals surface area contributed by atoms with Crippen LogP contribution in [0.5, 0.6) is 0 Å². The van der Waals surface area contributed by atoms with Gasteiger partial charge in [0.15, 0.2) is 0 Å². The Bertz CT molecular complexity index is 395. The van der Waals surface area contributed by atoms with Crippen LogP contribution in [0.15, 0.2) is 18.2 Å². The SMILES string of the molecule is CCCN1CCC(N)C1c1ccc(Cl)cc1F. The summed E-state index contributed by atoms with van der Waals surface area (Å²) in [6, 6.07) is 4.86. The molecule has 1 saturated heterocycles. The van der Waals surface area contributed by atoms with Crippen LogP contribution in [0.4, 0.5) is 4.39 Å². The van der Waals surface area contributed by atoms with E-state index in [0.717, 1.165) is 25.9 Å². The molecular formula is C13H18ClFN2. The molecule has 0 amide bonds. The highest BCUT2D eigenvalue weighted by atomic mass is 35.5. The second-order valence-electron chi connectivity index (χ2n) is 4.60. The van der Waals surface area contributed by atoms with Crippen LogP contribution in [0.2, 0.25) is 5.02 Å². The largest absolute Gasteiger partial charge is 0.326 e. The summed E-state index contributed by atoms with van der Waals surface area (Å²) in [5.74, 6) is -0.249. The van der Waals surface area contributed by atoms with E-state index in [1.807, 2.05) is 0 Å². The second kappa shape index (κ2) is 5.34. The first-order valence-corrected chi connectivity index (χ1v) is 6.46. The summed E-state index contributed by atoms with van der Waals surface area (Å²) in [7, 11) is 0. The smallest absolute Gasteiger partial charge is 0.129 e. The van der Waals surface area contributed by atoms with Crippen molar-refractivity contribution in [3.63, 3.8) is 0 Å². The molecule has 94 valence electrons. The lowest BCUT2D eigenvalue weighted by Crippen LogP contribution is -2.32. The van der Waals surface area contributed by atoms with Crippen LogP contribution in [0.25, 0.3) is 0 Å². The predicted octanol–water partition coefficient (Wildman–Crippen LogP) is 2.96. The molecule has 2 N–H and O–H groups in total. The average molecular weight is 257 g/mol. The van der Waals surface area contributed by atoms with Crippen molar-refractivity contribution in [1.29, 1.82) is 0 Å². The van der Waals surface area contributed by atoms with Gasteiger partial charge in [0.1, 0.15) is 5.82 Å². The molecule has 0 saturated carbocycles. The van der Waals surface area contributed by atoms with Crippen molar-refractivity contribution in [3.05, 3.63) is 34.6 Å². The van der Waals surface area contributed by atoms with Crippen molar-refractivity contribution in [1.82, 2.24) is 4.90 Å². The third-order valence-electron chi connectivity index (χ3n) is 3.34. The molecule has 0 bridgehead atoms. The fourth-order valence-corrected chi connectivity index (χ4v) is 2.75. The molecule has 1 aromatic carbocycles. The van der Waals surface area contributed by atoms with Crippen LogP contribution in [0.1, 0.15) is 31.4 Å². The molecule has 4 heteroatoms. The van der Waals surface area contributed by atoms with Crippen LogP contribution in [-0.4, -0.2) is 24.0 Å². The Morgan fingerprint density at radius 3 is 2.94 bits per heavy atom. The zero-order valence-corrected chi connectivity index (χ0v) is 10.8. The Morgan fingerprint density at radius 1 is 1.53 bits per heavy atom. The highest BCUT2D eigenvalue weighted by Crippen LogP contribution is 2.33. The summed E-state index contributed by atoms with van der Waals surface area (Å²) in [4.78, 5) is 2.26. The third-order valence-corrected chi connectivity index (χ3v) is 3.58. The van der Waals surface area contributed by atoms with Crippen LogP contribution in [-0.2, 0) is 0 Å². The molecule has 1 heterocycles. The lowest BCUT2D eigenvalue weighted by atomic mass is 10.00. The Hall–Kier alpha value is -0.640. The normalized spacial score (nSPS) is 25.4. The van der Waals surface area contributed by atoms with Gasteiger partial charge in [0.25, 0.3) is 0 Å². The summed E-state index contributed by atoms with van der Waals surface area (Å²) < 4.78 is 13.9. The molecule has 1 aliphatic heterocycles. The molecule has 2 rings (SSSR count). The van der Waals surface area contributed by atoms with Crippen LogP contribution in [0.3, 0.4) is 0 Å². The zero-order valence-electron chi connectivity index (χ0n) is 10.00. The first kappa shape index (κ1) is 12.8. The number of hydrogen-bond donors (Lipinski definition) is 1. The summed E-state index contributed by atoms with van der Waals surface area (Å²) in [6.07, 6.45) is 1.98. The Kier molecular flexibility index (Phi) is 4.02. The zero-order chi connectivity index (χ0) is 12.4.